The third-order valence-corrected chi connectivity index (χ3v) is 4.60. The number of nitrogens with zero attached hydrogens (tertiary/aromatic N) is 3. The van der Waals surface area contributed by atoms with E-state index in [1.165, 1.54) is 23.6 Å². The van der Waals surface area contributed by atoms with Gasteiger partial charge in [-0.2, -0.15) is 4.68 Å². The van der Waals surface area contributed by atoms with Crippen molar-refractivity contribution in [1.29, 1.82) is 0 Å². The van der Waals surface area contributed by atoms with Crippen LogP contribution < -0.4 is 25.4 Å². The molecule has 0 bridgehead atoms. The van der Waals surface area contributed by atoms with Gasteiger partial charge in [-0.3, -0.25) is 10.2 Å². The van der Waals surface area contributed by atoms with E-state index in [1.807, 2.05) is 18.2 Å². The van der Waals surface area contributed by atoms with Crippen LogP contribution in [-0.4, -0.2) is 41.6 Å². The molecule has 152 valence electrons. The Morgan fingerprint density at radius 1 is 1.07 bits per heavy atom. The molecule has 0 unspecified atom stereocenters. The normalized spacial score (nSPS) is 10.4. The molecule has 1 heterocycles. The minimum atomic E-state index is -0.205. The fourth-order valence-corrected chi connectivity index (χ4v) is 2.97. The highest BCUT2D eigenvalue weighted by Gasteiger charge is 2.16. The highest BCUT2D eigenvalue weighted by molar-refractivity contribution is 7.71. The summed E-state index contributed by atoms with van der Waals surface area (Å²) in [5, 5.41) is 4.18. The lowest BCUT2D eigenvalue weighted by atomic mass is 10.1. The number of nitrogen functional groups attached to an aromatic ring is 1. The summed E-state index contributed by atoms with van der Waals surface area (Å²) in [6.45, 7) is -0.0842. The molecule has 0 aliphatic heterocycles. The maximum absolute atomic E-state index is 12.7. The van der Waals surface area contributed by atoms with Gasteiger partial charge in [-0.1, -0.05) is 12.1 Å². The Balaban J connectivity index is 1.85. The molecule has 3 rings (SSSR count). The standard InChI is InChI=1S/C19H21N5O4S/c1-26-15-7-5-4-6-13(15)21-24-18(20)22-23(19(24)29)11-14(25)12-8-9-16(27-2)17(10-12)28-3/h4-10,21H,11H2,1-3H3,(H2,20,22). The number of hydrogen-bond acceptors (Lipinski definition) is 8. The molecule has 0 spiro atoms. The molecule has 0 saturated carbocycles. The quantitative estimate of drug-likeness (QED) is 0.427. The van der Waals surface area contributed by atoms with Crippen LogP contribution in [0.3, 0.4) is 0 Å². The van der Waals surface area contributed by atoms with E-state index in [9.17, 15) is 4.79 Å². The number of nitrogens with two attached hydrogens (primary N) is 1. The van der Waals surface area contributed by atoms with Gasteiger partial charge >= 0.3 is 0 Å². The van der Waals surface area contributed by atoms with Crippen molar-refractivity contribution in [2.24, 2.45) is 0 Å². The number of ether oxygens (including phenoxy) is 3. The number of methoxy groups -OCH3 is 3. The van der Waals surface area contributed by atoms with Crippen LogP contribution in [0.2, 0.25) is 0 Å². The molecule has 0 saturated heterocycles. The van der Waals surface area contributed by atoms with Gasteiger partial charge in [0.05, 0.1) is 27.0 Å². The van der Waals surface area contributed by atoms with E-state index in [4.69, 9.17) is 32.2 Å². The number of nitrogens with one attached hydrogen (secondary N) is 1. The van der Waals surface area contributed by atoms with Crippen molar-refractivity contribution in [3.63, 3.8) is 0 Å². The number of aromatic nitrogens is 3. The Labute approximate surface area is 172 Å². The third-order valence-electron chi connectivity index (χ3n) is 4.20. The number of anilines is 2. The second-order valence-corrected chi connectivity index (χ2v) is 6.30. The number of carbonyl (C=O) groups is 1. The SMILES string of the molecule is COc1ccccc1Nn1c(N)nn(CC(=O)c2ccc(OC)c(OC)c2)c1=S. The van der Waals surface area contributed by atoms with E-state index in [2.05, 4.69) is 10.5 Å². The average Bonchev–Trinajstić information content (AvgIpc) is 3.00. The van der Waals surface area contributed by atoms with E-state index in [0.29, 0.717) is 28.5 Å². The summed E-state index contributed by atoms with van der Waals surface area (Å²) in [7, 11) is 4.60. The maximum atomic E-state index is 12.7. The Hall–Kier alpha value is -3.53. The second-order valence-electron chi connectivity index (χ2n) is 5.94. The topological polar surface area (TPSA) is 106 Å². The molecule has 2 aromatic carbocycles. The molecule has 3 aromatic rings. The van der Waals surface area contributed by atoms with Crippen LogP contribution in [0.1, 0.15) is 10.4 Å². The van der Waals surface area contributed by atoms with Gasteiger partial charge in [-0.25, -0.2) is 4.68 Å². The van der Waals surface area contributed by atoms with Gasteiger partial charge in [0, 0.05) is 5.56 Å². The average molecular weight is 415 g/mol. The van der Waals surface area contributed by atoms with Crippen molar-refractivity contribution < 1.29 is 19.0 Å². The summed E-state index contributed by atoms with van der Waals surface area (Å²) in [5.41, 5.74) is 10.1. The number of hydrogen-bond donors (Lipinski definition) is 2. The Morgan fingerprint density at radius 2 is 1.76 bits per heavy atom. The van der Waals surface area contributed by atoms with Crippen LogP contribution in [0.4, 0.5) is 11.6 Å². The maximum Gasteiger partial charge on any atom is 0.240 e. The Bertz CT molecular complexity index is 1090. The summed E-state index contributed by atoms with van der Waals surface area (Å²) >= 11 is 5.43. The first-order valence-electron chi connectivity index (χ1n) is 8.59. The molecule has 10 heteroatoms. The summed E-state index contributed by atoms with van der Waals surface area (Å²) in [4.78, 5) is 12.7. The van der Waals surface area contributed by atoms with Gasteiger partial charge in [0.2, 0.25) is 10.7 Å². The third kappa shape index (κ3) is 4.16. The zero-order chi connectivity index (χ0) is 21.0. The number of ketones is 1. The molecule has 29 heavy (non-hydrogen) atoms. The zero-order valence-electron chi connectivity index (χ0n) is 16.2. The van der Waals surface area contributed by atoms with Gasteiger partial charge in [0.15, 0.2) is 17.3 Å². The van der Waals surface area contributed by atoms with Crippen LogP contribution in [0, 0.1) is 4.77 Å². The number of carbonyl (C=O) groups excluding carboxylic acids is 1. The molecule has 0 aliphatic carbocycles. The molecular weight excluding hydrogens is 394 g/mol. The first-order chi connectivity index (χ1) is 14.0. The molecule has 0 atom stereocenters. The highest BCUT2D eigenvalue weighted by atomic mass is 32.1. The minimum absolute atomic E-state index is 0.0842. The van der Waals surface area contributed by atoms with Gasteiger partial charge in [0.1, 0.15) is 12.3 Å². The molecule has 0 radical (unpaired) electrons. The fourth-order valence-electron chi connectivity index (χ4n) is 2.73. The van der Waals surface area contributed by atoms with Crippen LogP contribution in [0.25, 0.3) is 0 Å². The smallest absolute Gasteiger partial charge is 0.240 e. The van der Waals surface area contributed by atoms with Gasteiger partial charge in [-0.15, -0.1) is 5.10 Å². The van der Waals surface area contributed by atoms with E-state index in [1.54, 1.807) is 31.4 Å². The predicted octanol–water partition coefficient (Wildman–Crippen LogP) is 2.78. The van der Waals surface area contributed by atoms with Crippen molar-refractivity contribution in [2.75, 3.05) is 32.5 Å². The van der Waals surface area contributed by atoms with Gasteiger partial charge in [-0.05, 0) is 42.5 Å². The second kappa shape index (κ2) is 8.65. The lowest BCUT2D eigenvalue weighted by molar-refractivity contribution is 0.0966. The van der Waals surface area contributed by atoms with E-state index < -0.39 is 0 Å². The van der Waals surface area contributed by atoms with Crippen LogP contribution >= 0.6 is 12.2 Å². The molecule has 1 aromatic heterocycles. The first kappa shape index (κ1) is 20.2. The molecule has 3 N–H and O–H groups in total. The number of rotatable bonds is 8. The highest BCUT2D eigenvalue weighted by Crippen LogP contribution is 2.28. The first-order valence-corrected chi connectivity index (χ1v) is 9.00. The largest absolute Gasteiger partial charge is 0.495 e. The lowest BCUT2D eigenvalue weighted by Crippen LogP contribution is -2.15. The van der Waals surface area contributed by atoms with Crippen LogP contribution in [-0.2, 0) is 6.54 Å². The summed E-state index contributed by atoms with van der Waals surface area (Å²) in [6, 6.07) is 12.2. The van der Waals surface area contributed by atoms with E-state index in [-0.39, 0.29) is 23.0 Å². The van der Waals surface area contributed by atoms with Crippen molar-refractivity contribution in [3.8, 4) is 17.2 Å². The Morgan fingerprint density at radius 3 is 2.45 bits per heavy atom. The zero-order valence-corrected chi connectivity index (χ0v) is 17.0. The van der Waals surface area contributed by atoms with Crippen molar-refractivity contribution in [3.05, 3.63) is 52.8 Å². The molecule has 9 nitrogen and oxygen atoms in total. The van der Waals surface area contributed by atoms with Crippen molar-refractivity contribution >= 4 is 29.6 Å². The lowest BCUT2D eigenvalue weighted by Gasteiger charge is -2.11. The van der Waals surface area contributed by atoms with Crippen LogP contribution in [0.15, 0.2) is 42.5 Å². The molecule has 0 amide bonds. The molecule has 0 aliphatic rings. The monoisotopic (exact) mass is 415 g/mol. The summed E-state index contributed by atoms with van der Waals surface area (Å²) < 4.78 is 18.8. The Kier molecular flexibility index (Phi) is 6.03. The summed E-state index contributed by atoms with van der Waals surface area (Å²) in [6.07, 6.45) is 0. The molecule has 0 fully saturated rings. The number of benzene rings is 2. The summed E-state index contributed by atoms with van der Waals surface area (Å²) in [5.74, 6) is 1.52. The van der Waals surface area contributed by atoms with Gasteiger partial charge in [0.25, 0.3) is 0 Å². The van der Waals surface area contributed by atoms with E-state index in [0.717, 1.165) is 0 Å². The van der Waals surface area contributed by atoms with Crippen molar-refractivity contribution in [1.82, 2.24) is 14.5 Å². The fraction of sp³-hybridized carbons (Fsp3) is 0.211. The number of Topliss-reactive ketones (excluding diaryl/α,β-unsaturated/α-hetero) is 1. The van der Waals surface area contributed by atoms with Crippen LogP contribution in [0.5, 0.6) is 17.2 Å². The number of para-hydroxylation sites is 2. The molecular formula is C19H21N5O4S. The van der Waals surface area contributed by atoms with E-state index >= 15 is 0 Å². The predicted molar refractivity (Wildman–Crippen MR) is 111 cm³/mol. The van der Waals surface area contributed by atoms with Gasteiger partial charge < -0.3 is 19.9 Å². The minimum Gasteiger partial charge on any atom is -0.495 e. The van der Waals surface area contributed by atoms with Crippen molar-refractivity contribution in [2.45, 2.75) is 6.54 Å².